The highest BCUT2D eigenvalue weighted by Crippen LogP contribution is 2.21. The molecule has 0 saturated heterocycles. The Hall–Kier alpha value is -0.290. The molecule has 0 aromatic heterocycles. The molecule has 1 atom stereocenters. The maximum Gasteiger partial charge on any atom is 0.389 e. The molecule has 2 nitrogen and oxygen atoms in total. The van der Waals surface area contributed by atoms with Crippen LogP contribution in [0.1, 0.15) is 32.6 Å². The van der Waals surface area contributed by atoms with Crippen molar-refractivity contribution in [3.8, 4) is 0 Å². The van der Waals surface area contributed by atoms with Gasteiger partial charge in [0.1, 0.15) is 0 Å². The van der Waals surface area contributed by atoms with E-state index in [-0.39, 0.29) is 6.42 Å². The summed E-state index contributed by atoms with van der Waals surface area (Å²) in [5.41, 5.74) is 5.38. The summed E-state index contributed by atoms with van der Waals surface area (Å²) in [4.78, 5) is 0. The van der Waals surface area contributed by atoms with Crippen LogP contribution in [-0.4, -0.2) is 25.8 Å². The maximum atomic E-state index is 11.8. The van der Waals surface area contributed by atoms with Crippen LogP contribution < -0.4 is 11.1 Å². The Morgan fingerprint density at radius 3 is 2.47 bits per heavy atom. The van der Waals surface area contributed by atoms with Gasteiger partial charge in [-0.3, -0.25) is 0 Å². The fraction of sp³-hybridized carbons (Fsp3) is 1.00. The van der Waals surface area contributed by atoms with Gasteiger partial charge in [-0.25, -0.2) is 0 Å². The lowest BCUT2D eigenvalue weighted by Gasteiger charge is -2.11. The van der Waals surface area contributed by atoms with Crippen molar-refractivity contribution in [2.75, 3.05) is 19.6 Å². The number of alkyl halides is 3. The third-order valence-corrected chi connectivity index (χ3v) is 2.22. The molecule has 0 radical (unpaired) electrons. The fourth-order valence-electron chi connectivity index (χ4n) is 1.31. The Labute approximate surface area is 89.4 Å². The Morgan fingerprint density at radius 1 is 1.27 bits per heavy atom. The van der Waals surface area contributed by atoms with Crippen LogP contribution in [0.4, 0.5) is 13.2 Å². The molecule has 0 aromatic rings. The molecule has 0 bridgehead atoms. The highest BCUT2D eigenvalue weighted by atomic mass is 19.4. The van der Waals surface area contributed by atoms with Crippen molar-refractivity contribution >= 4 is 0 Å². The zero-order chi connectivity index (χ0) is 11.7. The summed E-state index contributed by atoms with van der Waals surface area (Å²) in [5, 5.41) is 3.13. The smallest absolute Gasteiger partial charge is 0.330 e. The molecule has 5 heteroatoms. The third-order valence-electron chi connectivity index (χ3n) is 2.22. The molecule has 0 aliphatic carbocycles. The standard InChI is InChI=1S/C10H21F3N2/c1-9(4-6-14)8-15-7-3-2-5-10(11,12)13/h9,15H,2-8,14H2,1H3. The summed E-state index contributed by atoms with van der Waals surface area (Å²) in [6.45, 7) is 4.24. The van der Waals surface area contributed by atoms with E-state index in [1.54, 1.807) is 0 Å². The summed E-state index contributed by atoms with van der Waals surface area (Å²) in [5.74, 6) is 0.498. The van der Waals surface area contributed by atoms with Gasteiger partial charge in [-0.1, -0.05) is 6.92 Å². The minimum atomic E-state index is -4.01. The van der Waals surface area contributed by atoms with Gasteiger partial charge in [0, 0.05) is 6.42 Å². The number of halogens is 3. The van der Waals surface area contributed by atoms with Crippen LogP contribution in [0.5, 0.6) is 0 Å². The van der Waals surface area contributed by atoms with Crippen LogP contribution >= 0.6 is 0 Å². The molecular weight excluding hydrogens is 205 g/mol. The number of hydrogen-bond donors (Lipinski definition) is 2. The van der Waals surface area contributed by atoms with E-state index in [9.17, 15) is 13.2 Å². The Kier molecular flexibility index (Phi) is 7.78. The maximum absolute atomic E-state index is 11.8. The summed E-state index contributed by atoms with van der Waals surface area (Å²) in [7, 11) is 0. The van der Waals surface area contributed by atoms with E-state index in [1.807, 2.05) is 0 Å². The highest BCUT2D eigenvalue weighted by Gasteiger charge is 2.25. The number of unbranched alkanes of at least 4 members (excludes halogenated alkanes) is 1. The third kappa shape index (κ3) is 11.6. The van der Waals surface area contributed by atoms with Gasteiger partial charge in [0.25, 0.3) is 0 Å². The van der Waals surface area contributed by atoms with E-state index in [2.05, 4.69) is 12.2 Å². The van der Waals surface area contributed by atoms with Gasteiger partial charge in [-0.15, -0.1) is 0 Å². The Morgan fingerprint density at radius 2 is 1.93 bits per heavy atom. The molecule has 0 saturated carbocycles. The molecule has 0 aliphatic rings. The minimum absolute atomic E-state index is 0.210. The minimum Gasteiger partial charge on any atom is -0.330 e. The van der Waals surface area contributed by atoms with Gasteiger partial charge in [-0.2, -0.15) is 13.2 Å². The first-order chi connectivity index (χ1) is 6.95. The van der Waals surface area contributed by atoms with Gasteiger partial charge < -0.3 is 11.1 Å². The fourth-order valence-corrected chi connectivity index (χ4v) is 1.31. The first-order valence-electron chi connectivity index (χ1n) is 5.43. The van der Waals surface area contributed by atoms with E-state index in [0.717, 1.165) is 13.0 Å². The van der Waals surface area contributed by atoms with Gasteiger partial charge in [0.2, 0.25) is 0 Å². The van der Waals surface area contributed by atoms with Gasteiger partial charge in [0.15, 0.2) is 0 Å². The van der Waals surface area contributed by atoms with Crippen LogP contribution in [0.15, 0.2) is 0 Å². The van der Waals surface area contributed by atoms with E-state index >= 15 is 0 Å². The van der Waals surface area contributed by atoms with Crippen molar-refractivity contribution in [3.63, 3.8) is 0 Å². The molecular formula is C10H21F3N2. The van der Waals surface area contributed by atoms with Gasteiger partial charge in [0.05, 0.1) is 0 Å². The van der Waals surface area contributed by atoms with E-state index in [0.29, 0.717) is 25.4 Å². The SMILES string of the molecule is CC(CCN)CNCCCCC(F)(F)F. The monoisotopic (exact) mass is 226 g/mol. The van der Waals surface area contributed by atoms with Crippen molar-refractivity contribution in [3.05, 3.63) is 0 Å². The molecule has 15 heavy (non-hydrogen) atoms. The molecule has 0 aromatic carbocycles. The van der Waals surface area contributed by atoms with Crippen LogP contribution in [0.2, 0.25) is 0 Å². The molecule has 3 N–H and O–H groups in total. The van der Waals surface area contributed by atoms with E-state index < -0.39 is 12.6 Å². The highest BCUT2D eigenvalue weighted by molar-refractivity contribution is 4.58. The normalized spacial score (nSPS) is 14.2. The lowest BCUT2D eigenvalue weighted by Crippen LogP contribution is -2.24. The summed E-state index contributed by atoms with van der Waals surface area (Å²) in [6.07, 6.45) is -2.94. The largest absolute Gasteiger partial charge is 0.389 e. The van der Waals surface area contributed by atoms with E-state index in [4.69, 9.17) is 5.73 Å². The second kappa shape index (κ2) is 7.93. The lowest BCUT2D eigenvalue weighted by molar-refractivity contribution is -0.135. The number of nitrogens with one attached hydrogen (secondary N) is 1. The van der Waals surface area contributed by atoms with Crippen molar-refractivity contribution in [1.82, 2.24) is 5.32 Å². The molecule has 0 rings (SSSR count). The van der Waals surface area contributed by atoms with Crippen molar-refractivity contribution in [2.24, 2.45) is 11.7 Å². The van der Waals surface area contributed by atoms with Crippen molar-refractivity contribution in [1.29, 1.82) is 0 Å². The molecule has 0 fully saturated rings. The first kappa shape index (κ1) is 14.7. The van der Waals surface area contributed by atoms with Gasteiger partial charge in [-0.05, 0) is 44.8 Å². The average Bonchev–Trinajstić information content (AvgIpc) is 2.09. The molecule has 0 aliphatic heterocycles. The number of hydrogen-bond acceptors (Lipinski definition) is 2. The predicted octanol–water partition coefficient (Wildman–Crippen LogP) is 2.29. The molecule has 0 spiro atoms. The summed E-state index contributed by atoms with van der Waals surface area (Å²) in [6, 6.07) is 0. The van der Waals surface area contributed by atoms with Crippen molar-refractivity contribution < 1.29 is 13.2 Å². The van der Waals surface area contributed by atoms with Crippen molar-refractivity contribution in [2.45, 2.75) is 38.8 Å². The quantitative estimate of drug-likeness (QED) is 0.623. The zero-order valence-corrected chi connectivity index (χ0v) is 9.24. The molecule has 0 amide bonds. The topological polar surface area (TPSA) is 38.0 Å². The molecule has 92 valence electrons. The average molecular weight is 226 g/mol. The first-order valence-corrected chi connectivity index (χ1v) is 5.43. The zero-order valence-electron chi connectivity index (χ0n) is 9.24. The second-order valence-electron chi connectivity index (χ2n) is 3.96. The molecule has 1 unspecified atom stereocenters. The second-order valence-corrected chi connectivity index (χ2v) is 3.96. The number of nitrogens with two attached hydrogens (primary N) is 1. The van der Waals surface area contributed by atoms with Gasteiger partial charge >= 0.3 is 6.18 Å². The predicted molar refractivity (Wildman–Crippen MR) is 55.6 cm³/mol. The Balaban J connectivity index is 3.18. The van der Waals surface area contributed by atoms with Crippen LogP contribution in [0.25, 0.3) is 0 Å². The number of rotatable bonds is 8. The summed E-state index contributed by atoms with van der Waals surface area (Å²) < 4.78 is 35.3. The van der Waals surface area contributed by atoms with Crippen LogP contribution in [0.3, 0.4) is 0 Å². The molecule has 0 heterocycles. The van der Waals surface area contributed by atoms with Crippen LogP contribution in [-0.2, 0) is 0 Å². The van der Waals surface area contributed by atoms with Crippen LogP contribution in [0, 0.1) is 5.92 Å². The summed E-state index contributed by atoms with van der Waals surface area (Å²) >= 11 is 0. The lowest BCUT2D eigenvalue weighted by atomic mass is 10.1. The Bertz CT molecular complexity index is 148. The van der Waals surface area contributed by atoms with E-state index in [1.165, 1.54) is 0 Å².